The predicted octanol–water partition coefficient (Wildman–Crippen LogP) is 6.91. The van der Waals surface area contributed by atoms with Crippen molar-refractivity contribution in [3.63, 3.8) is 0 Å². The molecule has 0 aliphatic carbocycles. The molecule has 158 valence electrons. The lowest BCUT2D eigenvalue weighted by molar-refractivity contribution is 0.103. The SMILES string of the molecule is C=Cc1ccc(-c2ccccc2C(=O)c2ccc(-c3cc(OC)ccc3OC)cc2)cc1. The Kier molecular flexibility index (Phi) is 6.18. The van der Waals surface area contributed by atoms with Crippen molar-refractivity contribution in [3.8, 4) is 33.8 Å². The van der Waals surface area contributed by atoms with Gasteiger partial charge >= 0.3 is 0 Å². The quantitative estimate of drug-likeness (QED) is 0.305. The molecule has 0 saturated carbocycles. The van der Waals surface area contributed by atoms with Gasteiger partial charge in [-0.05, 0) is 40.5 Å². The Morgan fingerprint density at radius 1 is 0.750 bits per heavy atom. The monoisotopic (exact) mass is 420 g/mol. The molecule has 0 amide bonds. The third-order valence-electron chi connectivity index (χ3n) is 5.49. The van der Waals surface area contributed by atoms with E-state index in [-0.39, 0.29) is 5.78 Å². The average molecular weight is 421 g/mol. The van der Waals surface area contributed by atoms with Crippen molar-refractivity contribution in [3.05, 3.63) is 114 Å². The first kappa shape index (κ1) is 21.1. The first-order chi connectivity index (χ1) is 15.6. The van der Waals surface area contributed by atoms with Crippen LogP contribution >= 0.6 is 0 Å². The van der Waals surface area contributed by atoms with Gasteiger partial charge in [-0.25, -0.2) is 0 Å². The van der Waals surface area contributed by atoms with E-state index in [9.17, 15) is 4.79 Å². The van der Waals surface area contributed by atoms with Crippen molar-refractivity contribution in [1.29, 1.82) is 0 Å². The van der Waals surface area contributed by atoms with Crippen LogP contribution in [0.1, 0.15) is 21.5 Å². The Morgan fingerprint density at radius 2 is 1.41 bits per heavy atom. The zero-order chi connectivity index (χ0) is 22.5. The molecule has 0 aromatic heterocycles. The molecule has 3 nitrogen and oxygen atoms in total. The van der Waals surface area contributed by atoms with Crippen LogP contribution in [0.4, 0.5) is 0 Å². The van der Waals surface area contributed by atoms with Crippen LogP contribution in [0.3, 0.4) is 0 Å². The van der Waals surface area contributed by atoms with Gasteiger partial charge < -0.3 is 9.47 Å². The lowest BCUT2D eigenvalue weighted by Gasteiger charge is -2.12. The van der Waals surface area contributed by atoms with Gasteiger partial charge in [0.15, 0.2) is 5.78 Å². The first-order valence-electron chi connectivity index (χ1n) is 10.3. The summed E-state index contributed by atoms with van der Waals surface area (Å²) in [6.07, 6.45) is 1.81. The van der Waals surface area contributed by atoms with Crippen LogP contribution in [0.5, 0.6) is 11.5 Å². The van der Waals surface area contributed by atoms with Crippen molar-refractivity contribution in [2.45, 2.75) is 0 Å². The maximum Gasteiger partial charge on any atom is 0.193 e. The molecular formula is C29H24O3. The van der Waals surface area contributed by atoms with E-state index >= 15 is 0 Å². The molecule has 0 fully saturated rings. The fraction of sp³-hybridized carbons (Fsp3) is 0.0690. The number of hydrogen-bond donors (Lipinski definition) is 0. The second kappa shape index (κ2) is 9.36. The van der Waals surface area contributed by atoms with Gasteiger partial charge in [0.25, 0.3) is 0 Å². The molecule has 0 spiro atoms. The lowest BCUT2D eigenvalue weighted by atomic mass is 9.92. The minimum absolute atomic E-state index is 0.0162. The van der Waals surface area contributed by atoms with E-state index in [1.54, 1.807) is 20.3 Å². The molecule has 32 heavy (non-hydrogen) atoms. The zero-order valence-corrected chi connectivity index (χ0v) is 18.2. The molecule has 0 bridgehead atoms. The summed E-state index contributed by atoms with van der Waals surface area (Å²) in [5.74, 6) is 1.48. The van der Waals surface area contributed by atoms with Gasteiger partial charge in [0.05, 0.1) is 14.2 Å². The summed E-state index contributed by atoms with van der Waals surface area (Å²) in [6.45, 7) is 3.80. The Hall–Kier alpha value is -4.11. The molecule has 0 unspecified atom stereocenters. The van der Waals surface area contributed by atoms with Crippen LogP contribution in [-0.2, 0) is 0 Å². The number of ketones is 1. The highest BCUT2D eigenvalue weighted by molar-refractivity contribution is 6.13. The van der Waals surface area contributed by atoms with Gasteiger partial charge in [0.1, 0.15) is 11.5 Å². The van der Waals surface area contributed by atoms with Crippen molar-refractivity contribution in [2.75, 3.05) is 14.2 Å². The number of carbonyl (C=O) groups is 1. The third kappa shape index (κ3) is 4.19. The zero-order valence-electron chi connectivity index (χ0n) is 18.2. The Bertz CT molecular complexity index is 1250. The largest absolute Gasteiger partial charge is 0.497 e. The first-order valence-corrected chi connectivity index (χ1v) is 10.3. The maximum atomic E-state index is 13.4. The van der Waals surface area contributed by atoms with Crippen LogP contribution in [0.2, 0.25) is 0 Å². The molecule has 0 heterocycles. The molecule has 0 atom stereocenters. The van der Waals surface area contributed by atoms with E-state index in [1.165, 1.54) is 0 Å². The maximum absolute atomic E-state index is 13.4. The van der Waals surface area contributed by atoms with Crippen molar-refractivity contribution >= 4 is 11.9 Å². The van der Waals surface area contributed by atoms with Crippen molar-refractivity contribution < 1.29 is 14.3 Å². The van der Waals surface area contributed by atoms with Crippen molar-refractivity contribution in [2.24, 2.45) is 0 Å². The fourth-order valence-electron chi connectivity index (χ4n) is 3.73. The predicted molar refractivity (Wildman–Crippen MR) is 130 cm³/mol. The number of methoxy groups -OCH3 is 2. The summed E-state index contributed by atoms with van der Waals surface area (Å²) in [7, 11) is 3.28. The van der Waals surface area contributed by atoms with E-state index in [2.05, 4.69) is 6.58 Å². The number of ether oxygens (including phenoxy) is 2. The molecule has 0 aliphatic heterocycles. The smallest absolute Gasteiger partial charge is 0.193 e. The number of rotatable bonds is 7. The summed E-state index contributed by atoms with van der Waals surface area (Å²) < 4.78 is 10.8. The van der Waals surface area contributed by atoms with E-state index in [0.29, 0.717) is 11.1 Å². The third-order valence-corrected chi connectivity index (χ3v) is 5.49. The highest BCUT2D eigenvalue weighted by Gasteiger charge is 2.15. The van der Waals surface area contributed by atoms with Crippen molar-refractivity contribution in [1.82, 2.24) is 0 Å². The van der Waals surface area contributed by atoms with Gasteiger partial charge in [0.2, 0.25) is 0 Å². The molecule has 0 radical (unpaired) electrons. The molecule has 4 rings (SSSR count). The van der Waals surface area contributed by atoms with Gasteiger partial charge in [0, 0.05) is 16.7 Å². The molecule has 4 aromatic carbocycles. The number of carbonyl (C=O) groups excluding carboxylic acids is 1. The second-order valence-electron chi connectivity index (χ2n) is 7.34. The average Bonchev–Trinajstić information content (AvgIpc) is 2.88. The van der Waals surface area contributed by atoms with E-state index in [0.717, 1.165) is 39.3 Å². The highest BCUT2D eigenvalue weighted by Crippen LogP contribution is 2.34. The van der Waals surface area contributed by atoms with Crippen LogP contribution < -0.4 is 9.47 Å². The molecule has 4 aromatic rings. The Labute approximate surface area is 188 Å². The Morgan fingerprint density at radius 3 is 2.06 bits per heavy atom. The van der Waals surface area contributed by atoms with Gasteiger partial charge in [-0.2, -0.15) is 0 Å². The summed E-state index contributed by atoms with van der Waals surface area (Å²) in [4.78, 5) is 13.4. The van der Waals surface area contributed by atoms with Gasteiger partial charge in [-0.3, -0.25) is 4.79 Å². The van der Waals surface area contributed by atoms with E-state index in [1.807, 2.05) is 91.0 Å². The fourth-order valence-corrected chi connectivity index (χ4v) is 3.73. The second-order valence-corrected chi connectivity index (χ2v) is 7.34. The molecule has 0 aliphatic rings. The van der Waals surface area contributed by atoms with E-state index in [4.69, 9.17) is 9.47 Å². The number of benzene rings is 4. The van der Waals surface area contributed by atoms with Gasteiger partial charge in [-0.1, -0.05) is 85.5 Å². The normalized spacial score (nSPS) is 10.4. The van der Waals surface area contributed by atoms with E-state index < -0.39 is 0 Å². The summed E-state index contributed by atoms with van der Waals surface area (Å²) in [6, 6.07) is 29.0. The van der Waals surface area contributed by atoms with Crippen LogP contribution in [-0.4, -0.2) is 20.0 Å². The number of hydrogen-bond acceptors (Lipinski definition) is 3. The molecule has 0 N–H and O–H groups in total. The molecule has 3 heteroatoms. The molecular weight excluding hydrogens is 396 g/mol. The highest BCUT2D eigenvalue weighted by atomic mass is 16.5. The minimum atomic E-state index is -0.0162. The Balaban J connectivity index is 1.68. The van der Waals surface area contributed by atoms with Crippen LogP contribution in [0, 0.1) is 0 Å². The standard InChI is InChI=1S/C29H24O3/c1-4-20-9-11-21(12-10-20)25-7-5-6-8-26(25)29(30)23-15-13-22(14-16-23)27-19-24(31-2)17-18-28(27)32-3/h4-19H,1H2,2-3H3. The lowest BCUT2D eigenvalue weighted by Crippen LogP contribution is -2.03. The topological polar surface area (TPSA) is 35.5 Å². The van der Waals surface area contributed by atoms with Gasteiger partial charge in [-0.15, -0.1) is 0 Å². The summed E-state index contributed by atoms with van der Waals surface area (Å²) in [5, 5.41) is 0. The minimum Gasteiger partial charge on any atom is -0.497 e. The van der Waals surface area contributed by atoms with Crippen LogP contribution in [0.25, 0.3) is 28.3 Å². The summed E-state index contributed by atoms with van der Waals surface area (Å²) >= 11 is 0. The molecule has 0 saturated heterocycles. The van der Waals surface area contributed by atoms with Crippen LogP contribution in [0.15, 0.2) is 97.6 Å². The summed E-state index contributed by atoms with van der Waals surface area (Å²) in [5.41, 5.74) is 6.11.